The van der Waals surface area contributed by atoms with Gasteiger partial charge >= 0.3 is 12.1 Å². The molecule has 0 bridgehead atoms. The molecule has 3 N–H and O–H groups in total. The van der Waals surface area contributed by atoms with E-state index in [1.165, 1.54) is 18.4 Å². The van der Waals surface area contributed by atoms with Crippen LogP contribution >= 0.6 is 0 Å². The van der Waals surface area contributed by atoms with Gasteiger partial charge in [-0.15, -0.1) is 0 Å². The molecule has 2 amide bonds. The number of nitrogens with one attached hydrogen (secondary N) is 1. The average molecular weight is 577 g/mol. The van der Waals surface area contributed by atoms with E-state index in [-0.39, 0.29) is 42.9 Å². The van der Waals surface area contributed by atoms with Crippen LogP contribution in [0.4, 0.5) is 9.18 Å². The third-order valence-electron chi connectivity index (χ3n) is 6.19. The van der Waals surface area contributed by atoms with Crippen LogP contribution in [0.3, 0.4) is 0 Å². The molecular formula is C32H33FN2O7. The largest absolute Gasteiger partial charge is 0.489 e. The fourth-order valence-electron chi connectivity index (χ4n) is 4.35. The molecule has 4 aromatic rings. The maximum absolute atomic E-state index is 15.8. The second-order valence-electron chi connectivity index (χ2n) is 10.6. The number of furan rings is 1. The Morgan fingerprint density at radius 2 is 1.79 bits per heavy atom. The molecule has 10 heteroatoms. The lowest BCUT2D eigenvalue weighted by Gasteiger charge is -2.20. The fourth-order valence-corrected chi connectivity index (χ4v) is 4.35. The number of esters is 1. The molecule has 0 radical (unpaired) electrons. The van der Waals surface area contributed by atoms with Gasteiger partial charge in [0.2, 0.25) is 5.91 Å². The first-order chi connectivity index (χ1) is 19.9. The van der Waals surface area contributed by atoms with Gasteiger partial charge in [0.05, 0.1) is 19.3 Å². The third kappa shape index (κ3) is 7.45. The molecule has 0 unspecified atom stereocenters. The molecule has 0 spiro atoms. The van der Waals surface area contributed by atoms with E-state index in [9.17, 15) is 14.4 Å². The first-order valence-corrected chi connectivity index (χ1v) is 13.4. The second kappa shape index (κ2) is 12.8. The Morgan fingerprint density at radius 3 is 2.50 bits per heavy atom. The lowest BCUT2D eigenvalue weighted by molar-refractivity contribution is -0.142. The number of nitrogens with two attached hydrogens (primary N) is 1. The van der Waals surface area contributed by atoms with E-state index < -0.39 is 29.4 Å². The Bertz CT molecular complexity index is 1620. The highest BCUT2D eigenvalue weighted by molar-refractivity contribution is 5.94. The van der Waals surface area contributed by atoms with Gasteiger partial charge < -0.3 is 29.7 Å². The summed E-state index contributed by atoms with van der Waals surface area (Å²) >= 11 is 0. The molecule has 0 aliphatic rings. The molecule has 220 valence electrons. The Labute approximate surface area is 242 Å². The number of fused-ring (bicyclic) bond motifs is 1. The number of carbonyl (C=O) groups is 3. The summed E-state index contributed by atoms with van der Waals surface area (Å²) < 4.78 is 37.8. The lowest BCUT2D eigenvalue weighted by atomic mass is 9.98. The quantitative estimate of drug-likeness (QED) is 0.220. The summed E-state index contributed by atoms with van der Waals surface area (Å²) in [4.78, 5) is 36.0. The van der Waals surface area contributed by atoms with Crippen molar-refractivity contribution in [2.24, 2.45) is 5.73 Å². The van der Waals surface area contributed by atoms with Crippen molar-refractivity contribution in [2.45, 2.75) is 52.9 Å². The minimum absolute atomic E-state index is 0.0354. The second-order valence-corrected chi connectivity index (χ2v) is 10.6. The molecule has 4 rings (SSSR count). The van der Waals surface area contributed by atoms with Crippen LogP contribution in [0.25, 0.3) is 22.1 Å². The SMILES string of the molecule is CCOC(=O)Cc1ccc(C(N)=O)cc1OCc1cc(-c2cccc(CNC(=O)OC(C)(C)C)c2F)c2occc2c1. The van der Waals surface area contributed by atoms with Gasteiger partial charge in [-0.05, 0) is 63.6 Å². The summed E-state index contributed by atoms with van der Waals surface area (Å²) in [5, 5.41) is 3.31. The first-order valence-electron chi connectivity index (χ1n) is 13.4. The number of ether oxygens (including phenoxy) is 3. The van der Waals surface area contributed by atoms with Gasteiger partial charge in [0.15, 0.2) is 0 Å². The molecule has 0 saturated heterocycles. The molecule has 42 heavy (non-hydrogen) atoms. The lowest BCUT2D eigenvalue weighted by Crippen LogP contribution is -2.32. The normalized spacial score (nSPS) is 11.3. The van der Waals surface area contributed by atoms with Crippen molar-refractivity contribution in [3.8, 4) is 16.9 Å². The van der Waals surface area contributed by atoms with E-state index in [1.807, 2.05) is 6.07 Å². The highest BCUT2D eigenvalue weighted by Crippen LogP contribution is 2.34. The van der Waals surface area contributed by atoms with Crippen LogP contribution in [0.15, 0.2) is 65.3 Å². The van der Waals surface area contributed by atoms with Crippen LogP contribution in [-0.2, 0) is 33.8 Å². The molecule has 0 fully saturated rings. The van der Waals surface area contributed by atoms with Crippen LogP contribution in [0.2, 0.25) is 0 Å². The summed E-state index contributed by atoms with van der Waals surface area (Å²) in [5.41, 5.74) is 7.72. The van der Waals surface area contributed by atoms with Crippen molar-refractivity contribution >= 4 is 28.9 Å². The van der Waals surface area contributed by atoms with Crippen LogP contribution in [-0.4, -0.2) is 30.2 Å². The predicted molar refractivity (Wildman–Crippen MR) is 154 cm³/mol. The highest BCUT2D eigenvalue weighted by atomic mass is 19.1. The van der Waals surface area contributed by atoms with Crippen molar-refractivity contribution in [3.63, 3.8) is 0 Å². The van der Waals surface area contributed by atoms with Gasteiger partial charge in [-0.25, -0.2) is 9.18 Å². The number of amides is 2. The summed E-state index contributed by atoms with van der Waals surface area (Å²) in [6.07, 6.45) is 0.810. The summed E-state index contributed by atoms with van der Waals surface area (Å²) in [6, 6.07) is 14.9. The molecular weight excluding hydrogens is 543 g/mol. The van der Waals surface area contributed by atoms with Gasteiger partial charge in [0.1, 0.15) is 29.4 Å². The number of primary amides is 1. The fraction of sp³-hybridized carbons (Fsp3) is 0.281. The van der Waals surface area contributed by atoms with Crippen LogP contribution in [0.1, 0.15) is 54.7 Å². The first kappa shape index (κ1) is 30.1. The number of carbonyl (C=O) groups excluding carboxylic acids is 3. The summed E-state index contributed by atoms with van der Waals surface area (Å²) in [5.74, 6) is -1.29. The Kier molecular flexibility index (Phi) is 9.15. The number of hydrogen-bond donors (Lipinski definition) is 2. The number of halogens is 1. The Morgan fingerprint density at radius 1 is 1.00 bits per heavy atom. The molecule has 0 aliphatic carbocycles. The predicted octanol–water partition coefficient (Wildman–Crippen LogP) is 6.05. The Balaban J connectivity index is 1.63. The van der Waals surface area contributed by atoms with Crippen LogP contribution in [0, 0.1) is 5.82 Å². The minimum Gasteiger partial charge on any atom is -0.489 e. The number of alkyl carbamates (subject to hydrolysis) is 1. The zero-order chi connectivity index (χ0) is 30.4. The number of rotatable bonds is 10. The van der Waals surface area contributed by atoms with Gasteiger partial charge in [-0.1, -0.05) is 24.3 Å². The molecule has 3 aromatic carbocycles. The maximum atomic E-state index is 15.8. The van der Waals surface area contributed by atoms with Crippen molar-refractivity contribution < 1.29 is 37.4 Å². The Hall–Kier alpha value is -4.86. The molecule has 1 aromatic heterocycles. The maximum Gasteiger partial charge on any atom is 0.407 e. The minimum atomic E-state index is -0.682. The van der Waals surface area contributed by atoms with E-state index in [2.05, 4.69) is 5.32 Å². The number of benzene rings is 3. The number of hydrogen-bond acceptors (Lipinski definition) is 7. The molecule has 1 heterocycles. The van der Waals surface area contributed by atoms with Gasteiger partial charge in [-0.2, -0.15) is 0 Å². The topological polar surface area (TPSA) is 130 Å². The van der Waals surface area contributed by atoms with Crippen molar-refractivity contribution in [2.75, 3.05) is 6.61 Å². The van der Waals surface area contributed by atoms with E-state index >= 15 is 4.39 Å². The van der Waals surface area contributed by atoms with Crippen LogP contribution in [0.5, 0.6) is 5.75 Å². The van der Waals surface area contributed by atoms with E-state index in [1.54, 1.807) is 64.1 Å². The summed E-state index contributed by atoms with van der Waals surface area (Å²) in [7, 11) is 0. The van der Waals surface area contributed by atoms with Crippen molar-refractivity contribution in [1.82, 2.24) is 5.32 Å². The van der Waals surface area contributed by atoms with Crippen molar-refractivity contribution in [1.29, 1.82) is 0 Å². The molecule has 0 aliphatic heterocycles. The van der Waals surface area contributed by atoms with Crippen LogP contribution < -0.4 is 15.8 Å². The summed E-state index contributed by atoms with van der Waals surface area (Å²) in [6.45, 7) is 7.14. The van der Waals surface area contributed by atoms with Gasteiger partial charge in [0, 0.05) is 39.7 Å². The van der Waals surface area contributed by atoms with E-state index in [4.69, 9.17) is 24.4 Å². The van der Waals surface area contributed by atoms with E-state index in [0.29, 0.717) is 28.0 Å². The highest BCUT2D eigenvalue weighted by Gasteiger charge is 2.19. The van der Waals surface area contributed by atoms with Gasteiger partial charge in [-0.3, -0.25) is 9.59 Å². The molecule has 9 nitrogen and oxygen atoms in total. The van der Waals surface area contributed by atoms with Crippen molar-refractivity contribution in [3.05, 3.63) is 88.9 Å². The van der Waals surface area contributed by atoms with E-state index in [0.717, 1.165) is 5.39 Å². The smallest absolute Gasteiger partial charge is 0.407 e. The third-order valence-corrected chi connectivity index (χ3v) is 6.19. The zero-order valence-corrected chi connectivity index (χ0v) is 23.9. The zero-order valence-electron chi connectivity index (χ0n) is 23.9. The monoisotopic (exact) mass is 576 g/mol. The molecule has 0 saturated carbocycles. The molecule has 0 atom stereocenters. The average Bonchev–Trinajstić information content (AvgIpc) is 3.39. The van der Waals surface area contributed by atoms with Gasteiger partial charge in [0.25, 0.3) is 0 Å². The standard InChI is InChI=1S/C32H33FN2O7/c1-5-39-27(36)16-20-9-10-22(30(34)37)15-26(20)41-18-19-13-21-11-12-40-29(21)25(14-19)24-8-6-7-23(28(24)33)17-35-31(38)42-32(2,3)4/h6-15H,5,16-18H2,1-4H3,(H2,34,37)(H,35,38).